The van der Waals surface area contributed by atoms with Gasteiger partial charge in [-0.15, -0.1) is 0 Å². The summed E-state index contributed by atoms with van der Waals surface area (Å²) in [5.41, 5.74) is 0.942. The van der Waals surface area contributed by atoms with Crippen LogP contribution in [0.25, 0.3) is 0 Å². The van der Waals surface area contributed by atoms with Gasteiger partial charge in [0.15, 0.2) is 0 Å². The summed E-state index contributed by atoms with van der Waals surface area (Å²) in [6.45, 7) is 4.04. The molecule has 0 aliphatic carbocycles. The van der Waals surface area contributed by atoms with E-state index in [9.17, 15) is 8.42 Å². The highest BCUT2D eigenvalue weighted by Gasteiger charge is 2.32. The Morgan fingerprint density at radius 2 is 1.90 bits per heavy atom. The van der Waals surface area contributed by atoms with E-state index in [1.54, 1.807) is 28.6 Å². The molecule has 1 fully saturated rings. The fourth-order valence-electron chi connectivity index (χ4n) is 2.57. The molecule has 1 aromatic rings. The Hall–Kier alpha value is -0.950. The molecule has 0 aromatic heterocycles. The molecular weight excluding hydrogens is 276 g/mol. The van der Waals surface area contributed by atoms with E-state index >= 15 is 0 Å². The molecule has 1 aromatic carbocycles. The molecule has 1 atom stereocenters. The zero-order valence-corrected chi connectivity index (χ0v) is 12.8. The molecule has 0 spiro atoms. The number of likely N-dealkylation sites (N-methyl/N-ethyl adjacent to an activating group) is 1. The summed E-state index contributed by atoms with van der Waals surface area (Å²) in [7, 11) is -1.42. The van der Waals surface area contributed by atoms with Crippen molar-refractivity contribution in [2.24, 2.45) is 0 Å². The summed E-state index contributed by atoms with van der Waals surface area (Å²) < 4.78 is 26.8. The third kappa shape index (κ3) is 3.20. The second-order valence-corrected chi connectivity index (χ2v) is 7.24. The molecule has 0 radical (unpaired) electrons. The van der Waals surface area contributed by atoms with Crippen LogP contribution in [0.4, 0.5) is 0 Å². The number of rotatable bonds is 4. The molecule has 20 heavy (non-hydrogen) atoms. The third-order valence-corrected chi connectivity index (χ3v) is 5.73. The molecule has 1 N–H and O–H groups in total. The van der Waals surface area contributed by atoms with Gasteiger partial charge in [-0.3, -0.25) is 0 Å². The lowest BCUT2D eigenvalue weighted by atomic mass is 10.2. The summed E-state index contributed by atoms with van der Waals surface area (Å²) in [6, 6.07) is 6.78. The van der Waals surface area contributed by atoms with Gasteiger partial charge in [0.05, 0.1) is 4.90 Å². The van der Waals surface area contributed by atoms with E-state index in [2.05, 4.69) is 4.90 Å². The van der Waals surface area contributed by atoms with Crippen molar-refractivity contribution in [3.63, 3.8) is 0 Å². The molecule has 6 heteroatoms. The Labute approximate surface area is 120 Å². The van der Waals surface area contributed by atoms with Crippen LogP contribution in [0, 0.1) is 0 Å². The number of nitrogens with zero attached hydrogens (tertiary/aromatic N) is 2. The Morgan fingerprint density at radius 1 is 1.25 bits per heavy atom. The van der Waals surface area contributed by atoms with E-state index in [1.807, 2.05) is 14.0 Å². The fraction of sp³-hybridized carbons (Fsp3) is 0.571. The van der Waals surface area contributed by atoms with Gasteiger partial charge in [-0.05, 0) is 38.1 Å². The van der Waals surface area contributed by atoms with Crippen molar-refractivity contribution in [3.8, 4) is 0 Å². The number of sulfonamides is 1. The smallest absolute Gasteiger partial charge is 0.243 e. The number of benzene rings is 1. The minimum absolute atomic E-state index is 0.0177. The van der Waals surface area contributed by atoms with E-state index in [0.29, 0.717) is 17.9 Å². The lowest BCUT2D eigenvalue weighted by Gasteiger charge is -2.37. The van der Waals surface area contributed by atoms with Crippen molar-refractivity contribution in [2.45, 2.75) is 24.3 Å². The highest BCUT2D eigenvalue weighted by Crippen LogP contribution is 2.21. The first-order chi connectivity index (χ1) is 9.45. The van der Waals surface area contributed by atoms with Gasteiger partial charge in [-0.25, -0.2) is 8.42 Å². The second-order valence-electron chi connectivity index (χ2n) is 5.34. The normalized spacial score (nSPS) is 22.1. The van der Waals surface area contributed by atoms with Crippen LogP contribution in [-0.2, 0) is 16.4 Å². The summed E-state index contributed by atoms with van der Waals surface area (Å²) in [5.74, 6) is 0. The number of hydrogen-bond donors (Lipinski definition) is 1. The second kappa shape index (κ2) is 6.22. The zero-order chi connectivity index (χ0) is 14.8. The van der Waals surface area contributed by atoms with Crippen molar-refractivity contribution < 1.29 is 13.5 Å². The van der Waals surface area contributed by atoms with Gasteiger partial charge in [-0.2, -0.15) is 4.31 Å². The predicted octanol–water partition coefficient (Wildman–Crippen LogP) is 0.546. The van der Waals surface area contributed by atoms with Crippen molar-refractivity contribution >= 4 is 10.0 Å². The van der Waals surface area contributed by atoms with E-state index in [4.69, 9.17) is 5.11 Å². The lowest BCUT2D eigenvalue weighted by molar-refractivity contribution is 0.170. The summed E-state index contributed by atoms with van der Waals surface area (Å²) in [4.78, 5) is 2.47. The van der Waals surface area contributed by atoms with Crippen LogP contribution in [0.1, 0.15) is 12.5 Å². The lowest BCUT2D eigenvalue weighted by Crippen LogP contribution is -2.52. The number of piperazine rings is 1. The number of aliphatic hydroxyl groups excluding tert-OH is 1. The maximum atomic E-state index is 12.6. The largest absolute Gasteiger partial charge is 0.396 e. The molecule has 1 heterocycles. The van der Waals surface area contributed by atoms with Gasteiger partial charge < -0.3 is 10.0 Å². The molecule has 5 nitrogen and oxygen atoms in total. The van der Waals surface area contributed by atoms with Crippen LogP contribution in [0.3, 0.4) is 0 Å². The molecule has 112 valence electrons. The quantitative estimate of drug-likeness (QED) is 0.882. The molecule has 2 rings (SSSR count). The Balaban J connectivity index is 2.21. The monoisotopic (exact) mass is 298 g/mol. The molecule has 1 saturated heterocycles. The molecule has 1 aliphatic rings. The average Bonchev–Trinajstić information content (AvgIpc) is 2.39. The Kier molecular flexibility index (Phi) is 4.80. The molecular formula is C14H22N2O3S. The van der Waals surface area contributed by atoms with E-state index in [-0.39, 0.29) is 12.6 Å². The maximum Gasteiger partial charge on any atom is 0.243 e. The van der Waals surface area contributed by atoms with Gasteiger partial charge in [-0.1, -0.05) is 12.1 Å². The number of hydrogen-bond acceptors (Lipinski definition) is 4. The van der Waals surface area contributed by atoms with E-state index in [1.165, 1.54) is 0 Å². The summed E-state index contributed by atoms with van der Waals surface area (Å²) in [6.07, 6.45) is 0.547. The van der Waals surface area contributed by atoms with Crippen LogP contribution >= 0.6 is 0 Å². The van der Waals surface area contributed by atoms with Crippen LogP contribution in [0.5, 0.6) is 0 Å². The summed E-state index contributed by atoms with van der Waals surface area (Å²) in [5, 5.41) is 8.88. The van der Waals surface area contributed by atoms with Gasteiger partial charge in [0.2, 0.25) is 10.0 Å². The van der Waals surface area contributed by atoms with Gasteiger partial charge >= 0.3 is 0 Å². The van der Waals surface area contributed by atoms with Gasteiger partial charge in [0, 0.05) is 32.3 Å². The first-order valence-corrected chi connectivity index (χ1v) is 8.29. The van der Waals surface area contributed by atoms with E-state index < -0.39 is 10.0 Å². The highest BCUT2D eigenvalue weighted by atomic mass is 32.2. The van der Waals surface area contributed by atoms with Crippen molar-refractivity contribution in [1.82, 2.24) is 9.21 Å². The minimum atomic E-state index is -3.42. The van der Waals surface area contributed by atoms with Crippen molar-refractivity contribution in [1.29, 1.82) is 0 Å². The maximum absolute atomic E-state index is 12.6. The van der Waals surface area contributed by atoms with Crippen molar-refractivity contribution in [3.05, 3.63) is 29.8 Å². The van der Waals surface area contributed by atoms with Crippen LogP contribution in [0.2, 0.25) is 0 Å². The molecule has 0 bridgehead atoms. The van der Waals surface area contributed by atoms with Gasteiger partial charge in [0.1, 0.15) is 0 Å². The zero-order valence-electron chi connectivity index (χ0n) is 12.0. The van der Waals surface area contributed by atoms with Crippen LogP contribution in [0.15, 0.2) is 29.2 Å². The first-order valence-electron chi connectivity index (χ1n) is 6.85. The summed E-state index contributed by atoms with van der Waals surface area (Å²) >= 11 is 0. The molecule has 1 unspecified atom stereocenters. The SMILES string of the molecule is CC1CN(C)CCN1S(=O)(=O)c1ccc(CCO)cc1. The predicted molar refractivity (Wildman–Crippen MR) is 78.1 cm³/mol. The standard InChI is InChI=1S/C14H22N2O3S/c1-12-11-15(2)8-9-16(12)20(18,19)14-5-3-13(4-6-14)7-10-17/h3-6,12,17H,7-11H2,1-2H3. The highest BCUT2D eigenvalue weighted by molar-refractivity contribution is 7.89. The Morgan fingerprint density at radius 3 is 2.45 bits per heavy atom. The molecule has 0 amide bonds. The number of aliphatic hydroxyl groups is 1. The first kappa shape index (κ1) is 15.4. The van der Waals surface area contributed by atoms with Gasteiger partial charge in [0.25, 0.3) is 0 Å². The topological polar surface area (TPSA) is 60.9 Å². The third-order valence-electron chi connectivity index (χ3n) is 3.70. The van der Waals surface area contributed by atoms with Crippen LogP contribution in [-0.4, -0.2) is 62.1 Å². The average molecular weight is 298 g/mol. The van der Waals surface area contributed by atoms with E-state index in [0.717, 1.165) is 18.7 Å². The van der Waals surface area contributed by atoms with Crippen LogP contribution < -0.4 is 0 Å². The fourth-order valence-corrected chi connectivity index (χ4v) is 4.19. The minimum Gasteiger partial charge on any atom is -0.396 e. The molecule has 1 aliphatic heterocycles. The van der Waals surface area contributed by atoms with Crippen molar-refractivity contribution in [2.75, 3.05) is 33.3 Å². The Bertz CT molecular complexity index is 542. The molecule has 0 saturated carbocycles.